The van der Waals surface area contributed by atoms with Gasteiger partial charge in [0.15, 0.2) is 4.34 Å². The van der Waals surface area contributed by atoms with E-state index in [0.717, 1.165) is 15.8 Å². The highest BCUT2D eigenvalue weighted by Crippen LogP contribution is 2.22. The zero-order chi connectivity index (χ0) is 9.80. The molecule has 0 aliphatic rings. The summed E-state index contributed by atoms with van der Waals surface area (Å²) in [6, 6.07) is 1.83. The fourth-order valence-corrected chi connectivity index (χ4v) is 2.33. The van der Waals surface area contributed by atoms with Crippen molar-refractivity contribution in [1.29, 1.82) is 0 Å². The Morgan fingerprint density at radius 1 is 1.43 bits per heavy atom. The van der Waals surface area contributed by atoms with Crippen LogP contribution in [0.15, 0.2) is 22.9 Å². The minimum Gasteiger partial charge on any atom is -0.227 e. The van der Waals surface area contributed by atoms with Crippen LogP contribution in [-0.4, -0.2) is 19.3 Å². The van der Waals surface area contributed by atoms with Crippen LogP contribution in [0.25, 0.3) is 0 Å². The zero-order valence-corrected chi connectivity index (χ0v) is 9.31. The van der Waals surface area contributed by atoms with Crippen molar-refractivity contribution in [2.45, 2.75) is 10.1 Å². The largest absolute Gasteiger partial charge is 0.227 e. The zero-order valence-electron chi connectivity index (χ0n) is 6.92. The lowest BCUT2D eigenvalue weighted by molar-refractivity contribution is 1.08. The molecule has 0 aliphatic heterocycles. The van der Waals surface area contributed by atoms with Crippen molar-refractivity contribution in [1.82, 2.24) is 19.3 Å². The van der Waals surface area contributed by atoms with E-state index in [1.54, 1.807) is 24.3 Å². The molecule has 0 spiro atoms. The molecule has 0 bridgehead atoms. The molecule has 0 saturated heterocycles. The van der Waals surface area contributed by atoms with Crippen LogP contribution in [0.5, 0.6) is 0 Å². The predicted molar refractivity (Wildman–Crippen MR) is 56.5 cm³/mol. The minimum absolute atomic E-state index is 0.278. The number of aromatic nitrogens is 4. The Morgan fingerprint density at radius 2 is 2.36 bits per heavy atom. The molecule has 0 aromatic carbocycles. The molecule has 7 heteroatoms. The van der Waals surface area contributed by atoms with Gasteiger partial charge in [0, 0.05) is 11.9 Å². The van der Waals surface area contributed by atoms with Crippen molar-refractivity contribution in [2.75, 3.05) is 0 Å². The van der Waals surface area contributed by atoms with Gasteiger partial charge in [-0.3, -0.25) is 0 Å². The van der Waals surface area contributed by atoms with E-state index in [1.807, 2.05) is 6.07 Å². The molecule has 2 aromatic rings. The van der Waals surface area contributed by atoms with Crippen molar-refractivity contribution >= 4 is 34.9 Å². The highest BCUT2D eigenvalue weighted by molar-refractivity contribution is 8.00. The van der Waals surface area contributed by atoms with E-state index in [2.05, 4.69) is 19.3 Å². The predicted octanol–water partition coefficient (Wildman–Crippen LogP) is 2.27. The van der Waals surface area contributed by atoms with Gasteiger partial charge in [0.1, 0.15) is 6.33 Å². The molecular weight excluding hydrogens is 240 g/mol. The van der Waals surface area contributed by atoms with E-state index in [0.29, 0.717) is 0 Å². The smallest absolute Gasteiger partial charge is 0.222 e. The summed E-state index contributed by atoms with van der Waals surface area (Å²) in [5.41, 5.74) is 0.894. The summed E-state index contributed by atoms with van der Waals surface area (Å²) in [4.78, 5) is 11.9. The van der Waals surface area contributed by atoms with Crippen LogP contribution in [0.2, 0.25) is 5.28 Å². The first-order valence-electron chi connectivity index (χ1n) is 3.71. The van der Waals surface area contributed by atoms with E-state index in [-0.39, 0.29) is 5.28 Å². The maximum Gasteiger partial charge on any atom is 0.222 e. The van der Waals surface area contributed by atoms with E-state index in [9.17, 15) is 0 Å². The molecule has 14 heavy (non-hydrogen) atoms. The molecule has 2 heterocycles. The van der Waals surface area contributed by atoms with Crippen molar-refractivity contribution in [3.63, 3.8) is 0 Å². The Hall–Kier alpha value is -0.720. The van der Waals surface area contributed by atoms with E-state index in [1.165, 1.54) is 11.5 Å². The maximum atomic E-state index is 5.65. The van der Waals surface area contributed by atoms with Crippen LogP contribution in [0, 0.1) is 0 Å². The summed E-state index contributed by atoms with van der Waals surface area (Å²) in [7, 11) is 0. The number of rotatable bonds is 3. The third-order valence-electron chi connectivity index (χ3n) is 1.37. The van der Waals surface area contributed by atoms with Gasteiger partial charge in [-0.15, -0.1) is 0 Å². The lowest BCUT2D eigenvalue weighted by Gasteiger charge is -1.96. The molecule has 0 N–H and O–H groups in total. The lowest BCUT2D eigenvalue weighted by Crippen LogP contribution is -1.88. The number of hydrogen-bond acceptors (Lipinski definition) is 6. The topological polar surface area (TPSA) is 51.6 Å². The van der Waals surface area contributed by atoms with Crippen LogP contribution in [0.1, 0.15) is 5.69 Å². The van der Waals surface area contributed by atoms with Gasteiger partial charge < -0.3 is 0 Å². The number of halogens is 1. The summed E-state index contributed by atoms with van der Waals surface area (Å²) in [5.74, 6) is 0.734. The first-order valence-corrected chi connectivity index (χ1v) is 5.85. The molecule has 0 aliphatic carbocycles. The van der Waals surface area contributed by atoms with Crippen molar-refractivity contribution in [3.8, 4) is 0 Å². The van der Waals surface area contributed by atoms with Crippen LogP contribution in [0.3, 0.4) is 0 Å². The normalized spacial score (nSPS) is 10.4. The van der Waals surface area contributed by atoms with E-state index >= 15 is 0 Å². The van der Waals surface area contributed by atoms with Gasteiger partial charge in [0.05, 0.1) is 5.69 Å². The molecule has 2 rings (SSSR count). The molecule has 0 atom stereocenters. The number of thioether (sulfide) groups is 1. The minimum atomic E-state index is 0.278. The second-order valence-corrected chi connectivity index (χ2v) is 4.65. The number of hydrogen-bond donors (Lipinski definition) is 0. The van der Waals surface area contributed by atoms with Crippen LogP contribution in [0.4, 0.5) is 0 Å². The number of nitrogens with zero attached hydrogens (tertiary/aromatic N) is 4. The summed E-state index contributed by atoms with van der Waals surface area (Å²) in [6.45, 7) is 0. The highest BCUT2D eigenvalue weighted by atomic mass is 35.5. The van der Waals surface area contributed by atoms with Crippen molar-refractivity contribution in [2.24, 2.45) is 0 Å². The Labute approximate surface area is 93.9 Å². The maximum absolute atomic E-state index is 5.65. The van der Waals surface area contributed by atoms with Gasteiger partial charge in [-0.05, 0) is 29.2 Å². The van der Waals surface area contributed by atoms with Crippen molar-refractivity contribution < 1.29 is 0 Å². The standard InChI is InChI=1S/C7H5ClN4S2/c8-6-9-2-1-5(12-6)3-13-7-10-4-11-14-7/h1-2,4H,3H2. The van der Waals surface area contributed by atoms with E-state index < -0.39 is 0 Å². The Balaban J connectivity index is 1.98. The van der Waals surface area contributed by atoms with Gasteiger partial charge >= 0.3 is 0 Å². The molecule has 0 amide bonds. The molecule has 0 saturated carbocycles. The average molecular weight is 245 g/mol. The summed E-state index contributed by atoms with van der Waals surface area (Å²) < 4.78 is 4.83. The van der Waals surface area contributed by atoms with Crippen LogP contribution >= 0.6 is 34.9 Å². The summed E-state index contributed by atoms with van der Waals surface area (Å²) >= 11 is 8.61. The molecule has 0 fully saturated rings. The third kappa shape index (κ3) is 2.63. The quantitative estimate of drug-likeness (QED) is 0.612. The SMILES string of the molecule is Clc1nccc(CSc2ncns2)n1. The molecule has 0 unspecified atom stereocenters. The van der Waals surface area contributed by atoms with Gasteiger partial charge in [-0.1, -0.05) is 11.8 Å². The first kappa shape index (κ1) is 9.82. The lowest BCUT2D eigenvalue weighted by atomic mass is 10.5. The highest BCUT2D eigenvalue weighted by Gasteiger charge is 2.01. The molecule has 72 valence electrons. The molecule has 2 aromatic heterocycles. The average Bonchev–Trinajstić information content (AvgIpc) is 2.67. The van der Waals surface area contributed by atoms with Gasteiger partial charge in [-0.2, -0.15) is 4.37 Å². The monoisotopic (exact) mass is 244 g/mol. The van der Waals surface area contributed by atoms with Gasteiger partial charge in [0.25, 0.3) is 0 Å². The van der Waals surface area contributed by atoms with Crippen LogP contribution < -0.4 is 0 Å². The first-order chi connectivity index (χ1) is 6.84. The Bertz CT molecular complexity index is 406. The second-order valence-electron chi connectivity index (χ2n) is 2.31. The molecule has 0 radical (unpaired) electrons. The Morgan fingerprint density at radius 3 is 3.07 bits per heavy atom. The Kier molecular flexibility index (Phi) is 3.28. The van der Waals surface area contributed by atoms with Crippen LogP contribution in [-0.2, 0) is 5.75 Å². The summed E-state index contributed by atoms with van der Waals surface area (Å²) in [6.07, 6.45) is 3.19. The van der Waals surface area contributed by atoms with Gasteiger partial charge in [-0.25, -0.2) is 15.0 Å². The fraction of sp³-hybridized carbons (Fsp3) is 0.143. The molecular formula is C7H5ClN4S2. The molecule has 4 nitrogen and oxygen atoms in total. The second kappa shape index (κ2) is 4.68. The van der Waals surface area contributed by atoms with E-state index in [4.69, 9.17) is 11.6 Å². The third-order valence-corrected chi connectivity index (χ3v) is 3.38. The summed E-state index contributed by atoms with van der Waals surface area (Å²) in [5, 5.41) is 0.278. The van der Waals surface area contributed by atoms with Crippen molar-refractivity contribution in [3.05, 3.63) is 29.6 Å². The van der Waals surface area contributed by atoms with Gasteiger partial charge in [0.2, 0.25) is 5.28 Å². The fourth-order valence-electron chi connectivity index (χ4n) is 0.812.